The minimum Gasteiger partial charge on any atom is -0.326 e. The van der Waals surface area contributed by atoms with Gasteiger partial charge in [0.1, 0.15) is 0 Å². The fourth-order valence-electron chi connectivity index (χ4n) is 1.96. The molecule has 0 aliphatic heterocycles. The molecule has 0 fully saturated rings. The molecule has 0 saturated carbocycles. The molecule has 0 unspecified atom stereocenters. The van der Waals surface area contributed by atoms with E-state index >= 15 is 0 Å². The Labute approximate surface area is 111 Å². The van der Waals surface area contributed by atoms with Crippen molar-refractivity contribution in [3.05, 3.63) is 60.4 Å². The van der Waals surface area contributed by atoms with Crippen LogP contribution in [-0.2, 0) is 7.05 Å². The molecule has 0 spiro atoms. The highest BCUT2D eigenvalue weighted by Gasteiger charge is 2.03. The van der Waals surface area contributed by atoms with Crippen molar-refractivity contribution in [2.45, 2.75) is 0 Å². The van der Waals surface area contributed by atoms with Crippen LogP contribution < -0.4 is 5.43 Å². The van der Waals surface area contributed by atoms with Gasteiger partial charge in [0.15, 0.2) is 5.82 Å². The van der Waals surface area contributed by atoms with Crippen LogP contribution in [0.5, 0.6) is 0 Å². The van der Waals surface area contributed by atoms with Gasteiger partial charge in [0.2, 0.25) is 0 Å². The Hall–Kier alpha value is -2.62. The quantitative estimate of drug-likeness (QED) is 0.573. The molecule has 94 valence electrons. The van der Waals surface area contributed by atoms with Crippen molar-refractivity contribution in [2.75, 3.05) is 5.43 Å². The van der Waals surface area contributed by atoms with Crippen LogP contribution in [-0.4, -0.2) is 15.8 Å². The summed E-state index contributed by atoms with van der Waals surface area (Å²) in [6.07, 6.45) is 1.73. The van der Waals surface area contributed by atoms with E-state index in [4.69, 9.17) is 0 Å². The number of hydrogen-bond acceptors (Lipinski definition) is 3. The zero-order chi connectivity index (χ0) is 13.1. The summed E-state index contributed by atoms with van der Waals surface area (Å²) in [5, 5.41) is 4.21. The third-order valence-electron chi connectivity index (χ3n) is 2.97. The lowest BCUT2D eigenvalue weighted by Crippen LogP contribution is -1.98. The van der Waals surface area contributed by atoms with Crippen LogP contribution in [0.15, 0.2) is 59.7 Å². The first-order valence-electron chi connectivity index (χ1n) is 6.10. The van der Waals surface area contributed by atoms with E-state index < -0.39 is 0 Å². The van der Waals surface area contributed by atoms with Crippen LogP contribution >= 0.6 is 0 Å². The number of rotatable bonds is 3. The molecule has 0 saturated heterocycles. The molecule has 19 heavy (non-hydrogen) atoms. The number of para-hydroxylation sites is 3. The number of hydrogen-bond donors (Lipinski definition) is 1. The molecule has 0 aliphatic rings. The second kappa shape index (κ2) is 4.94. The predicted molar refractivity (Wildman–Crippen MR) is 78.4 cm³/mol. The summed E-state index contributed by atoms with van der Waals surface area (Å²) >= 11 is 0. The highest BCUT2D eigenvalue weighted by Crippen LogP contribution is 2.13. The summed E-state index contributed by atoms with van der Waals surface area (Å²) in [6, 6.07) is 17.9. The molecule has 4 nitrogen and oxygen atoms in total. The van der Waals surface area contributed by atoms with Gasteiger partial charge in [-0.05, 0) is 24.3 Å². The third kappa shape index (κ3) is 2.33. The van der Waals surface area contributed by atoms with E-state index in [2.05, 4.69) is 15.5 Å². The largest absolute Gasteiger partial charge is 0.326 e. The molecule has 0 amide bonds. The summed E-state index contributed by atoms with van der Waals surface area (Å²) in [6.45, 7) is 0. The Kier molecular flexibility index (Phi) is 2.98. The standard InChI is InChI=1S/C15H14N4/c1-19-14-10-6-5-9-13(14)17-15(19)11-16-18-12-7-3-2-4-8-12/h2-11,18H,1H3/b16-11+. The molecule has 1 heterocycles. The van der Waals surface area contributed by atoms with Crippen molar-refractivity contribution >= 4 is 22.9 Å². The van der Waals surface area contributed by atoms with E-state index in [1.807, 2.05) is 66.2 Å². The molecule has 1 aromatic heterocycles. The minimum absolute atomic E-state index is 0.824. The van der Waals surface area contributed by atoms with Crippen LogP contribution in [0.3, 0.4) is 0 Å². The van der Waals surface area contributed by atoms with Crippen LogP contribution in [0, 0.1) is 0 Å². The van der Waals surface area contributed by atoms with Gasteiger partial charge in [-0.2, -0.15) is 5.10 Å². The average Bonchev–Trinajstić information content (AvgIpc) is 2.78. The number of aryl methyl sites for hydroxylation is 1. The van der Waals surface area contributed by atoms with Gasteiger partial charge in [-0.3, -0.25) is 5.43 Å². The molecule has 3 aromatic rings. The van der Waals surface area contributed by atoms with Gasteiger partial charge in [0.25, 0.3) is 0 Å². The lowest BCUT2D eigenvalue weighted by atomic mass is 10.3. The molecule has 1 N–H and O–H groups in total. The lowest BCUT2D eigenvalue weighted by Gasteiger charge is -1.99. The number of hydrazone groups is 1. The molecule has 3 rings (SSSR count). The summed E-state index contributed by atoms with van der Waals surface area (Å²) in [5.41, 5.74) is 6.02. The monoisotopic (exact) mass is 250 g/mol. The van der Waals surface area contributed by atoms with Gasteiger partial charge >= 0.3 is 0 Å². The summed E-state index contributed by atoms with van der Waals surface area (Å²) in [4.78, 5) is 4.52. The molecule has 2 aromatic carbocycles. The van der Waals surface area contributed by atoms with E-state index in [0.29, 0.717) is 0 Å². The van der Waals surface area contributed by atoms with E-state index in [1.54, 1.807) is 6.21 Å². The maximum Gasteiger partial charge on any atom is 0.153 e. The second-order valence-corrected chi connectivity index (χ2v) is 4.25. The summed E-state index contributed by atoms with van der Waals surface area (Å²) in [7, 11) is 1.99. The fourth-order valence-corrected chi connectivity index (χ4v) is 1.96. The lowest BCUT2D eigenvalue weighted by molar-refractivity contribution is 0.934. The summed E-state index contributed by atoms with van der Waals surface area (Å²) < 4.78 is 2.02. The van der Waals surface area contributed by atoms with Crippen LogP contribution in [0.25, 0.3) is 11.0 Å². The zero-order valence-corrected chi connectivity index (χ0v) is 10.6. The Morgan fingerprint density at radius 1 is 1.05 bits per heavy atom. The number of imidazole rings is 1. The fraction of sp³-hybridized carbons (Fsp3) is 0.0667. The van der Waals surface area contributed by atoms with Gasteiger partial charge in [0, 0.05) is 7.05 Å². The number of fused-ring (bicyclic) bond motifs is 1. The first-order valence-corrected chi connectivity index (χ1v) is 6.10. The first kappa shape index (κ1) is 11.5. The number of anilines is 1. The molecular formula is C15H14N4. The van der Waals surface area contributed by atoms with Crippen molar-refractivity contribution in [1.29, 1.82) is 0 Å². The number of nitrogens with one attached hydrogen (secondary N) is 1. The molecule has 4 heteroatoms. The Morgan fingerprint density at radius 3 is 2.58 bits per heavy atom. The Bertz CT molecular complexity index is 713. The van der Waals surface area contributed by atoms with Crippen LogP contribution in [0.2, 0.25) is 0 Å². The third-order valence-corrected chi connectivity index (χ3v) is 2.97. The average molecular weight is 250 g/mol. The molecule has 0 radical (unpaired) electrons. The molecule has 0 aliphatic carbocycles. The Morgan fingerprint density at radius 2 is 1.79 bits per heavy atom. The van der Waals surface area contributed by atoms with Crippen molar-refractivity contribution < 1.29 is 0 Å². The van der Waals surface area contributed by atoms with Gasteiger partial charge in [0.05, 0.1) is 22.9 Å². The van der Waals surface area contributed by atoms with Gasteiger partial charge in [-0.15, -0.1) is 0 Å². The number of benzene rings is 2. The maximum absolute atomic E-state index is 4.52. The number of aromatic nitrogens is 2. The van der Waals surface area contributed by atoms with Crippen molar-refractivity contribution in [3.63, 3.8) is 0 Å². The smallest absolute Gasteiger partial charge is 0.153 e. The van der Waals surface area contributed by atoms with E-state index in [0.717, 1.165) is 22.5 Å². The van der Waals surface area contributed by atoms with E-state index in [9.17, 15) is 0 Å². The van der Waals surface area contributed by atoms with E-state index in [1.165, 1.54) is 0 Å². The Balaban J connectivity index is 1.83. The topological polar surface area (TPSA) is 42.2 Å². The van der Waals surface area contributed by atoms with Crippen LogP contribution in [0.4, 0.5) is 5.69 Å². The van der Waals surface area contributed by atoms with E-state index in [-0.39, 0.29) is 0 Å². The highest BCUT2D eigenvalue weighted by atomic mass is 15.3. The van der Waals surface area contributed by atoms with Crippen molar-refractivity contribution in [1.82, 2.24) is 9.55 Å². The number of nitrogens with zero attached hydrogens (tertiary/aromatic N) is 3. The predicted octanol–water partition coefficient (Wildman–Crippen LogP) is 3.02. The maximum atomic E-state index is 4.52. The molecular weight excluding hydrogens is 236 g/mol. The van der Waals surface area contributed by atoms with Crippen molar-refractivity contribution in [2.24, 2.45) is 12.1 Å². The summed E-state index contributed by atoms with van der Waals surface area (Å²) in [5.74, 6) is 0.824. The van der Waals surface area contributed by atoms with Gasteiger partial charge in [-0.25, -0.2) is 4.98 Å². The van der Waals surface area contributed by atoms with Crippen LogP contribution in [0.1, 0.15) is 5.82 Å². The second-order valence-electron chi connectivity index (χ2n) is 4.25. The minimum atomic E-state index is 0.824. The SMILES string of the molecule is Cn1c(/C=N/Nc2ccccc2)nc2ccccc21. The normalized spacial score (nSPS) is 11.2. The molecule has 0 atom stereocenters. The zero-order valence-electron chi connectivity index (χ0n) is 10.6. The van der Waals surface area contributed by atoms with Gasteiger partial charge < -0.3 is 4.57 Å². The van der Waals surface area contributed by atoms with Crippen molar-refractivity contribution in [3.8, 4) is 0 Å². The first-order chi connectivity index (χ1) is 9.34. The van der Waals surface area contributed by atoms with Gasteiger partial charge in [-0.1, -0.05) is 30.3 Å². The molecule has 0 bridgehead atoms. The highest BCUT2D eigenvalue weighted by molar-refractivity contribution is 5.85.